The molecule has 1 saturated heterocycles. The normalized spacial score (nSPS) is 17.0. The molecule has 7 heteroatoms. The summed E-state index contributed by atoms with van der Waals surface area (Å²) in [6.45, 7) is 1.22. The van der Waals surface area contributed by atoms with Gasteiger partial charge in [0.25, 0.3) is 0 Å². The van der Waals surface area contributed by atoms with Crippen LogP contribution in [-0.2, 0) is 9.53 Å². The highest BCUT2D eigenvalue weighted by Crippen LogP contribution is 2.29. The lowest BCUT2D eigenvalue weighted by atomic mass is 10.2. The van der Waals surface area contributed by atoms with Crippen LogP contribution in [0.1, 0.15) is 12.8 Å². The van der Waals surface area contributed by atoms with E-state index in [0.29, 0.717) is 23.1 Å². The average Bonchev–Trinajstić information content (AvgIpc) is 3.00. The van der Waals surface area contributed by atoms with E-state index in [-0.39, 0.29) is 23.5 Å². The second-order valence-corrected chi connectivity index (χ2v) is 6.21. The molecule has 1 N–H and O–H groups in total. The summed E-state index contributed by atoms with van der Waals surface area (Å²) in [4.78, 5) is 11.8. The summed E-state index contributed by atoms with van der Waals surface area (Å²) < 4.78 is 11.3. The summed E-state index contributed by atoms with van der Waals surface area (Å²) in [6, 6.07) is 7.08. The van der Waals surface area contributed by atoms with Gasteiger partial charge in [-0.15, -0.1) is 11.8 Å². The molecular formula is C15H17ClN2O3S. The number of rotatable bonds is 7. The number of anilines is 1. The van der Waals surface area contributed by atoms with Gasteiger partial charge in [0, 0.05) is 11.6 Å². The van der Waals surface area contributed by atoms with Crippen LogP contribution in [0.4, 0.5) is 5.69 Å². The Morgan fingerprint density at radius 3 is 3.18 bits per heavy atom. The average molecular weight is 341 g/mol. The first-order valence-electron chi connectivity index (χ1n) is 6.97. The first-order valence-corrected chi connectivity index (χ1v) is 8.51. The van der Waals surface area contributed by atoms with Gasteiger partial charge in [0.1, 0.15) is 12.4 Å². The zero-order valence-electron chi connectivity index (χ0n) is 12.0. The molecule has 0 radical (unpaired) electrons. The Morgan fingerprint density at radius 1 is 1.59 bits per heavy atom. The zero-order valence-corrected chi connectivity index (χ0v) is 13.6. The van der Waals surface area contributed by atoms with Crippen LogP contribution in [-0.4, -0.2) is 36.7 Å². The lowest BCUT2D eigenvalue weighted by Gasteiger charge is -2.15. The number of amides is 1. The molecule has 1 aromatic rings. The summed E-state index contributed by atoms with van der Waals surface area (Å²) in [7, 11) is 0. The molecule has 0 spiro atoms. The van der Waals surface area contributed by atoms with E-state index in [1.165, 1.54) is 11.8 Å². The third-order valence-electron chi connectivity index (χ3n) is 3.06. The second kappa shape index (κ2) is 8.89. The lowest BCUT2D eigenvalue weighted by molar-refractivity contribution is -0.113. The Morgan fingerprint density at radius 2 is 2.45 bits per heavy atom. The smallest absolute Gasteiger partial charge is 0.234 e. The van der Waals surface area contributed by atoms with Gasteiger partial charge < -0.3 is 14.8 Å². The minimum absolute atomic E-state index is 0.102. The van der Waals surface area contributed by atoms with Gasteiger partial charge in [-0.3, -0.25) is 4.79 Å². The number of nitrogens with one attached hydrogen (secondary N) is 1. The first-order chi connectivity index (χ1) is 10.7. The van der Waals surface area contributed by atoms with Crippen molar-refractivity contribution in [3.63, 3.8) is 0 Å². The molecule has 1 aromatic carbocycles. The summed E-state index contributed by atoms with van der Waals surface area (Å²) in [5.41, 5.74) is 0.535. The van der Waals surface area contributed by atoms with E-state index in [2.05, 4.69) is 5.32 Å². The molecule has 1 heterocycles. The number of carbonyl (C=O) groups excluding carboxylic acids is 1. The maximum Gasteiger partial charge on any atom is 0.234 e. The van der Waals surface area contributed by atoms with E-state index in [9.17, 15) is 4.79 Å². The fourth-order valence-electron chi connectivity index (χ4n) is 2.06. The predicted octanol–water partition coefficient (Wildman–Crippen LogP) is 3.09. The summed E-state index contributed by atoms with van der Waals surface area (Å²) in [5, 5.41) is 11.8. The van der Waals surface area contributed by atoms with Crippen molar-refractivity contribution < 1.29 is 14.3 Å². The standard InChI is InChI=1S/C15H17ClN2O3S/c16-11-3-4-14(21-9-12-2-1-6-20-12)13(8-11)18-15(19)10-22-7-5-17/h3-4,8,12H,1-2,6-7,9-10H2,(H,18,19)/t12-/m1/s1. The van der Waals surface area contributed by atoms with Crippen LogP contribution in [0.15, 0.2) is 18.2 Å². The molecule has 0 aliphatic carbocycles. The van der Waals surface area contributed by atoms with Gasteiger partial charge >= 0.3 is 0 Å². The Bertz CT molecular complexity index is 556. The quantitative estimate of drug-likeness (QED) is 0.772. The van der Waals surface area contributed by atoms with Crippen molar-refractivity contribution in [3.05, 3.63) is 23.2 Å². The maximum absolute atomic E-state index is 11.8. The zero-order chi connectivity index (χ0) is 15.8. The molecular weight excluding hydrogens is 324 g/mol. The van der Waals surface area contributed by atoms with Crippen molar-refractivity contribution >= 4 is 35.0 Å². The van der Waals surface area contributed by atoms with Crippen LogP contribution in [0.3, 0.4) is 0 Å². The first kappa shape index (κ1) is 16.9. The minimum atomic E-state index is -0.190. The SMILES string of the molecule is N#CCSCC(=O)Nc1cc(Cl)ccc1OC[C@H]1CCCO1. The highest BCUT2D eigenvalue weighted by molar-refractivity contribution is 8.00. The maximum atomic E-state index is 11.8. The molecule has 1 aliphatic heterocycles. The molecule has 1 aliphatic rings. The topological polar surface area (TPSA) is 71.4 Å². The van der Waals surface area contributed by atoms with Crippen LogP contribution < -0.4 is 10.1 Å². The molecule has 0 bridgehead atoms. The van der Waals surface area contributed by atoms with Gasteiger partial charge in [-0.25, -0.2) is 0 Å². The molecule has 0 aromatic heterocycles. The molecule has 1 amide bonds. The Hall–Kier alpha value is -1.42. The minimum Gasteiger partial charge on any atom is -0.489 e. The second-order valence-electron chi connectivity index (χ2n) is 4.79. The van der Waals surface area contributed by atoms with Crippen LogP contribution >= 0.6 is 23.4 Å². The van der Waals surface area contributed by atoms with Crippen LogP contribution in [0.25, 0.3) is 0 Å². The largest absolute Gasteiger partial charge is 0.489 e. The van der Waals surface area contributed by atoms with Gasteiger partial charge in [0.05, 0.1) is 29.4 Å². The van der Waals surface area contributed by atoms with E-state index in [1.54, 1.807) is 18.2 Å². The Balaban J connectivity index is 1.94. The predicted molar refractivity (Wildman–Crippen MR) is 87.5 cm³/mol. The van der Waals surface area contributed by atoms with E-state index < -0.39 is 0 Å². The van der Waals surface area contributed by atoms with Crippen molar-refractivity contribution in [2.45, 2.75) is 18.9 Å². The molecule has 1 fully saturated rings. The van der Waals surface area contributed by atoms with Gasteiger partial charge in [0.15, 0.2) is 0 Å². The number of ether oxygens (including phenoxy) is 2. The molecule has 5 nitrogen and oxygen atoms in total. The Kier molecular flexibility index (Phi) is 6.84. The van der Waals surface area contributed by atoms with E-state index in [4.69, 9.17) is 26.3 Å². The van der Waals surface area contributed by atoms with E-state index in [0.717, 1.165) is 19.4 Å². The summed E-state index contributed by atoms with van der Waals surface area (Å²) >= 11 is 7.23. The fourth-order valence-corrected chi connectivity index (χ4v) is 2.68. The highest BCUT2D eigenvalue weighted by atomic mass is 35.5. The van der Waals surface area contributed by atoms with Crippen molar-refractivity contribution in [1.29, 1.82) is 5.26 Å². The Labute approximate surface area is 138 Å². The van der Waals surface area contributed by atoms with Crippen molar-refractivity contribution in [2.24, 2.45) is 0 Å². The number of halogens is 1. The molecule has 1 atom stereocenters. The molecule has 118 valence electrons. The van der Waals surface area contributed by atoms with E-state index >= 15 is 0 Å². The van der Waals surface area contributed by atoms with Crippen LogP contribution in [0.2, 0.25) is 5.02 Å². The number of hydrogen-bond acceptors (Lipinski definition) is 5. The number of hydrogen-bond donors (Lipinski definition) is 1. The van der Waals surface area contributed by atoms with Crippen molar-refractivity contribution in [3.8, 4) is 11.8 Å². The highest BCUT2D eigenvalue weighted by Gasteiger charge is 2.17. The van der Waals surface area contributed by atoms with Gasteiger partial charge in [-0.05, 0) is 31.0 Å². The summed E-state index contributed by atoms with van der Waals surface area (Å²) in [6.07, 6.45) is 2.14. The third-order valence-corrected chi connectivity index (χ3v) is 4.10. The molecule has 22 heavy (non-hydrogen) atoms. The summed E-state index contributed by atoms with van der Waals surface area (Å²) in [5.74, 6) is 0.874. The number of carbonyl (C=O) groups is 1. The van der Waals surface area contributed by atoms with E-state index in [1.807, 2.05) is 6.07 Å². The van der Waals surface area contributed by atoms with Crippen molar-refractivity contribution in [2.75, 3.05) is 30.0 Å². The molecule has 2 rings (SSSR count). The number of nitriles is 1. The monoisotopic (exact) mass is 340 g/mol. The number of nitrogens with zero attached hydrogens (tertiary/aromatic N) is 1. The van der Waals surface area contributed by atoms with Crippen LogP contribution in [0.5, 0.6) is 5.75 Å². The van der Waals surface area contributed by atoms with Crippen LogP contribution in [0, 0.1) is 11.3 Å². The van der Waals surface area contributed by atoms with Crippen molar-refractivity contribution in [1.82, 2.24) is 0 Å². The molecule has 0 unspecified atom stereocenters. The number of benzene rings is 1. The lowest BCUT2D eigenvalue weighted by Crippen LogP contribution is -2.18. The van der Waals surface area contributed by atoms with Gasteiger partial charge in [-0.1, -0.05) is 11.6 Å². The third kappa shape index (κ3) is 5.41. The van der Waals surface area contributed by atoms with Gasteiger partial charge in [-0.2, -0.15) is 5.26 Å². The molecule has 0 saturated carbocycles. The number of thioether (sulfide) groups is 1. The fraction of sp³-hybridized carbons (Fsp3) is 0.467. The van der Waals surface area contributed by atoms with Gasteiger partial charge in [0.2, 0.25) is 5.91 Å².